The molecule has 0 amide bonds. The van der Waals surface area contributed by atoms with Gasteiger partial charge in [-0.3, -0.25) is 0 Å². The van der Waals surface area contributed by atoms with E-state index < -0.39 is 12.5 Å². The summed E-state index contributed by atoms with van der Waals surface area (Å²) in [5, 5.41) is 0. The van der Waals surface area contributed by atoms with Crippen LogP contribution in [0.25, 0.3) is 0 Å². The van der Waals surface area contributed by atoms with Crippen molar-refractivity contribution in [3.8, 4) is 0 Å². The molecule has 1 aromatic rings. The summed E-state index contributed by atoms with van der Waals surface area (Å²) in [7, 11) is 0. The van der Waals surface area contributed by atoms with Crippen LogP contribution in [0.2, 0.25) is 0 Å². The van der Waals surface area contributed by atoms with Gasteiger partial charge in [0.1, 0.15) is 12.5 Å². The lowest BCUT2D eigenvalue weighted by atomic mass is 9.94. The van der Waals surface area contributed by atoms with Crippen LogP contribution >= 0.6 is 0 Å². The van der Waals surface area contributed by atoms with E-state index in [2.05, 4.69) is 0 Å². The van der Waals surface area contributed by atoms with E-state index in [1.165, 1.54) is 6.07 Å². The minimum absolute atomic E-state index is 0.147. The summed E-state index contributed by atoms with van der Waals surface area (Å²) >= 11 is 0. The van der Waals surface area contributed by atoms with E-state index in [9.17, 15) is 8.78 Å². The van der Waals surface area contributed by atoms with Crippen LogP contribution in [0, 0.1) is 12.7 Å². The standard InChI is InChI=1S/C12H17F2N/c1-8-4-9(6-12(2,3)15)5-11(14)10(8)7-13/h4-5H,6-7,15H2,1-3H3. The Labute approximate surface area is 89.3 Å². The van der Waals surface area contributed by atoms with Gasteiger partial charge in [0, 0.05) is 11.1 Å². The van der Waals surface area contributed by atoms with Crippen LogP contribution in [0.5, 0.6) is 0 Å². The average Bonchev–Trinajstić information content (AvgIpc) is 1.99. The third-order valence-electron chi connectivity index (χ3n) is 2.27. The molecule has 1 nitrogen and oxygen atoms in total. The molecule has 0 unspecified atom stereocenters. The lowest BCUT2D eigenvalue weighted by Gasteiger charge is -2.19. The Morgan fingerprint density at radius 1 is 1.33 bits per heavy atom. The van der Waals surface area contributed by atoms with Crippen LogP contribution in [-0.4, -0.2) is 5.54 Å². The zero-order valence-corrected chi connectivity index (χ0v) is 9.40. The molecule has 84 valence electrons. The summed E-state index contributed by atoms with van der Waals surface area (Å²) in [5.41, 5.74) is 7.07. The number of halogens is 2. The molecule has 2 N–H and O–H groups in total. The largest absolute Gasteiger partial charge is 0.325 e. The molecule has 0 aliphatic rings. The quantitative estimate of drug-likeness (QED) is 0.820. The van der Waals surface area contributed by atoms with Gasteiger partial charge in [-0.05, 0) is 44.4 Å². The van der Waals surface area contributed by atoms with E-state index in [1.54, 1.807) is 13.0 Å². The molecule has 3 heteroatoms. The Balaban J connectivity index is 3.04. The lowest BCUT2D eigenvalue weighted by molar-refractivity contribution is 0.460. The van der Waals surface area contributed by atoms with Gasteiger partial charge in [-0.15, -0.1) is 0 Å². The van der Waals surface area contributed by atoms with Crippen LogP contribution in [0.15, 0.2) is 12.1 Å². The fraction of sp³-hybridized carbons (Fsp3) is 0.500. The highest BCUT2D eigenvalue weighted by Crippen LogP contribution is 2.19. The molecule has 1 aromatic carbocycles. The molecule has 15 heavy (non-hydrogen) atoms. The molecule has 0 aromatic heterocycles. The van der Waals surface area contributed by atoms with Crippen molar-refractivity contribution in [3.05, 3.63) is 34.6 Å². The molecule has 0 radical (unpaired) electrons. The molecule has 0 bridgehead atoms. The SMILES string of the molecule is Cc1cc(CC(C)(C)N)cc(F)c1CF. The fourth-order valence-corrected chi connectivity index (χ4v) is 1.64. The van der Waals surface area contributed by atoms with Gasteiger partial charge < -0.3 is 5.73 Å². The summed E-state index contributed by atoms with van der Waals surface area (Å²) in [5.74, 6) is -0.475. The van der Waals surface area contributed by atoms with E-state index in [1.807, 2.05) is 13.8 Å². The van der Waals surface area contributed by atoms with E-state index in [-0.39, 0.29) is 11.1 Å². The highest BCUT2D eigenvalue weighted by atomic mass is 19.1. The number of rotatable bonds is 3. The van der Waals surface area contributed by atoms with Crippen LogP contribution in [0.1, 0.15) is 30.5 Å². The Morgan fingerprint density at radius 3 is 2.33 bits per heavy atom. The van der Waals surface area contributed by atoms with Gasteiger partial charge in [0.05, 0.1) is 0 Å². The van der Waals surface area contributed by atoms with Crippen LogP contribution in [0.4, 0.5) is 8.78 Å². The van der Waals surface area contributed by atoms with Gasteiger partial charge in [0.25, 0.3) is 0 Å². The Bertz CT molecular complexity index is 330. The zero-order chi connectivity index (χ0) is 11.6. The van der Waals surface area contributed by atoms with Crippen LogP contribution in [-0.2, 0) is 13.1 Å². The predicted molar refractivity (Wildman–Crippen MR) is 57.9 cm³/mol. The molecule has 1 rings (SSSR count). The Morgan fingerprint density at radius 2 is 1.93 bits per heavy atom. The van der Waals surface area contributed by atoms with Crippen molar-refractivity contribution >= 4 is 0 Å². The summed E-state index contributed by atoms with van der Waals surface area (Å²) in [6, 6.07) is 3.17. The topological polar surface area (TPSA) is 26.0 Å². The zero-order valence-electron chi connectivity index (χ0n) is 9.40. The smallest absolute Gasteiger partial charge is 0.129 e. The third kappa shape index (κ3) is 3.27. The normalized spacial score (nSPS) is 11.9. The first-order valence-corrected chi connectivity index (χ1v) is 4.96. The number of nitrogens with two attached hydrogens (primary N) is 1. The van der Waals surface area contributed by atoms with Crippen molar-refractivity contribution in [2.45, 2.75) is 39.4 Å². The van der Waals surface area contributed by atoms with Gasteiger partial charge >= 0.3 is 0 Å². The molecular formula is C12H17F2N. The summed E-state index contributed by atoms with van der Waals surface area (Å²) in [6.45, 7) is 4.71. The predicted octanol–water partition coefficient (Wildman–Crippen LogP) is 2.88. The highest BCUT2D eigenvalue weighted by molar-refractivity contribution is 5.32. The van der Waals surface area contributed by atoms with E-state index in [4.69, 9.17) is 5.73 Å². The maximum absolute atomic E-state index is 13.4. The fourth-order valence-electron chi connectivity index (χ4n) is 1.64. The second-order valence-electron chi connectivity index (χ2n) is 4.67. The maximum atomic E-state index is 13.4. The van der Waals surface area contributed by atoms with Gasteiger partial charge in [-0.25, -0.2) is 8.78 Å². The molecule has 0 saturated carbocycles. The van der Waals surface area contributed by atoms with Crippen molar-refractivity contribution in [2.24, 2.45) is 5.73 Å². The molecule has 0 aliphatic carbocycles. The molecule has 0 spiro atoms. The summed E-state index contributed by atoms with van der Waals surface area (Å²) in [4.78, 5) is 0. The molecule has 0 atom stereocenters. The van der Waals surface area contributed by atoms with Gasteiger partial charge in [-0.1, -0.05) is 6.07 Å². The summed E-state index contributed by atoms with van der Waals surface area (Å²) in [6.07, 6.45) is 0.581. The Kier molecular flexibility index (Phi) is 3.45. The minimum atomic E-state index is -0.760. The monoisotopic (exact) mass is 213 g/mol. The number of benzene rings is 1. The van der Waals surface area contributed by atoms with E-state index in [0.29, 0.717) is 12.0 Å². The van der Waals surface area contributed by atoms with Gasteiger partial charge in [0.2, 0.25) is 0 Å². The first-order valence-electron chi connectivity index (χ1n) is 4.96. The molecular weight excluding hydrogens is 196 g/mol. The number of hydrogen-bond donors (Lipinski definition) is 1. The van der Waals surface area contributed by atoms with Crippen molar-refractivity contribution in [3.63, 3.8) is 0 Å². The van der Waals surface area contributed by atoms with E-state index in [0.717, 1.165) is 5.56 Å². The average molecular weight is 213 g/mol. The lowest BCUT2D eigenvalue weighted by Crippen LogP contribution is -2.34. The highest BCUT2D eigenvalue weighted by Gasteiger charge is 2.14. The molecule has 0 fully saturated rings. The first kappa shape index (κ1) is 12.1. The molecule has 0 saturated heterocycles. The molecule has 0 heterocycles. The number of alkyl halides is 1. The van der Waals surface area contributed by atoms with Crippen LogP contribution in [0.3, 0.4) is 0 Å². The molecule has 0 aliphatic heterocycles. The van der Waals surface area contributed by atoms with Crippen LogP contribution < -0.4 is 5.73 Å². The minimum Gasteiger partial charge on any atom is -0.325 e. The second kappa shape index (κ2) is 4.27. The van der Waals surface area contributed by atoms with Gasteiger partial charge in [-0.2, -0.15) is 0 Å². The van der Waals surface area contributed by atoms with Crippen molar-refractivity contribution in [2.75, 3.05) is 0 Å². The van der Waals surface area contributed by atoms with Gasteiger partial charge in [0.15, 0.2) is 0 Å². The maximum Gasteiger partial charge on any atom is 0.129 e. The van der Waals surface area contributed by atoms with Crippen molar-refractivity contribution in [1.29, 1.82) is 0 Å². The van der Waals surface area contributed by atoms with E-state index >= 15 is 0 Å². The van der Waals surface area contributed by atoms with Crippen molar-refractivity contribution in [1.82, 2.24) is 0 Å². The first-order chi connectivity index (χ1) is 6.83. The summed E-state index contributed by atoms with van der Waals surface area (Å²) < 4.78 is 25.9. The number of aryl methyl sites for hydroxylation is 1. The Hall–Kier alpha value is -0.960. The second-order valence-corrected chi connectivity index (χ2v) is 4.67. The number of hydrogen-bond acceptors (Lipinski definition) is 1. The van der Waals surface area contributed by atoms with Crippen molar-refractivity contribution < 1.29 is 8.78 Å². The third-order valence-corrected chi connectivity index (χ3v) is 2.27.